The molecule has 3 nitrogen and oxygen atoms in total. The average Bonchev–Trinajstić information content (AvgIpc) is 2.47. The molecule has 2 aromatic carbocycles. The number of hydrogen-bond donors (Lipinski definition) is 1. The summed E-state index contributed by atoms with van der Waals surface area (Å²) in [6.07, 6.45) is 1.18. The number of amides is 1. The van der Waals surface area contributed by atoms with Crippen molar-refractivity contribution in [3.63, 3.8) is 0 Å². The standard InChI is InChI=1S/C17H19ClN2O/c1-20(12-14-5-8-15(18)9-6-14)17(21)10-7-13-3-2-4-16(19)11-13/h2-6,8-9,11H,7,10,12,19H2,1H3. The molecular formula is C17H19ClN2O. The number of aryl methyl sites for hydroxylation is 1. The van der Waals surface area contributed by atoms with E-state index >= 15 is 0 Å². The minimum atomic E-state index is 0.118. The summed E-state index contributed by atoms with van der Waals surface area (Å²) >= 11 is 5.85. The predicted molar refractivity (Wildman–Crippen MR) is 87.1 cm³/mol. The van der Waals surface area contributed by atoms with Crippen LogP contribution in [0.1, 0.15) is 17.5 Å². The normalized spacial score (nSPS) is 10.4. The maximum atomic E-state index is 12.1. The SMILES string of the molecule is CN(Cc1ccc(Cl)cc1)C(=O)CCc1cccc(N)c1. The lowest BCUT2D eigenvalue weighted by Gasteiger charge is -2.17. The Kier molecular flexibility index (Phi) is 5.23. The van der Waals surface area contributed by atoms with E-state index in [2.05, 4.69) is 0 Å². The van der Waals surface area contributed by atoms with Gasteiger partial charge in [-0.15, -0.1) is 0 Å². The second-order valence-electron chi connectivity index (χ2n) is 5.12. The molecule has 0 aliphatic carbocycles. The van der Waals surface area contributed by atoms with Crippen molar-refractivity contribution in [1.82, 2.24) is 4.90 Å². The molecule has 2 N–H and O–H groups in total. The molecule has 1 amide bonds. The van der Waals surface area contributed by atoms with E-state index in [1.54, 1.807) is 4.90 Å². The second kappa shape index (κ2) is 7.14. The molecule has 0 atom stereocenters. The number of rotatable bonds is 5. The highest BCUT2D eigenvalue weighted by atomic mass is 35.5. The van der Waals surface area contributed by atoms with Crippen molar-refractivity contribution in [2.24, 2.45) is 0 Å². The zero-order valence-corrected chi connectivity index (χ0v) is 12.8. The molecule has 4 heteroatoms. The van der Waals surface area contributed by atoms with E-state index in [1.165, 1.54) is 0 Å². The molecule has 0 heterocycles. The fraction of sp³-hybridized carbons (Fsp3) is 0.235. The van der Waals surface area contributed by atoms with Crippen molar-refractivity contribution < 1.29 is 4.79 Å². The number of carbonyl (C=O) groups is 1. The van der Waals surface area contributed by atoms with Crippen LogP contribution in [0.25, 0.3) is 0 Å². The van der Waals surface area contributed by atoms with Gasteiger partial charge in [-0.1, -0.05) is 35.9 Å². The van der Waals surface area contributed by atoms with Crippen molar-refractivity contribution in [3.8, 4) is 0 Å². The first-order valence-corrected chi connectivity index (χ1v) is 7.25. The van der Waals surface area contributed by atoms with Crippen LogP contribution in [-0.4, -0.2) is 17.9 Å². The molecule has 110 valence electrons. The van der Waals surface area contributed by atoms with Gasteiger partial charge in [0.25, 0.3) is 0 Å². The molecule has 0 fully saturated rings. The van der Waals surface area contributed by atoms with Crippen molar-refractivity contribution in [1.29, 1.82) is 0 Å². The predicted octanol–water partition coefficient (Wildman–Crippen LogP) is 3.51. The maximum Gasteiger partial charge on any atom is 0.222 e. The van der Waals surface area contributed by atoms with Crippen LogP contribution >= 0.6 is 11.6 Å². The summed E-state index contributed by atoms with van der Waals surface area (Å²) in [5.41, 5.74) is 8.62. The van der Waals surface area contributed by atoms with Gasteiger partial charge in [0.2, 0.25) is 5.91 Å². The number of nitrogens with two attached hydrogens (primary N) is 1. The highest BCUT2D eigenvalue weighted by molar-refractivity contribution is 6.30. The smallest absolute Gasteiger partial charge is 0.222 e. The molecule has 0 aromatic heterocycles. The molecule has 0 saturated heterocycles. The quantitative estimate of drug-likeness (QED) is 0.859. The van der Waals surface area contributed by atoms with Crippen LogP contribution in [0.5, 0.6) is 0 Å². The molecular weight excluding hydrogens is 284 g/mol. The molecule has 2 rings (SSSR count). The van der Waals surface area contributed by atoms with Crippen LogP contribution in [0.15, 0.2) is 48.5 Å². The number of nitrogens with zero attached hydrogens (tertiary/aromatic N) is 1. The van der Waals surface area contributed by atoms with Gasteiger partial charge < -0.3 is 10.6 Å². The number of benzene rings is 2. The van der Waals surface area contributed by atoms with Crippen LogP contribution in [0.2, 0.25) is 5.02 Å². The van der Waals surface area contributed by atoms with Gasteiger partial charge in [0.15, 0.2) is 0 Å². The summed E-state index contributed by atoms with van der Waals surface area (Å²) in [5.74, 6) is 0.118. The van der Waals surface area contributed by atoms with E-state index in [4.69, 9.17) is 17.3 Å². The van der Waals surface area contributed by atoms with Crippen LogP contribution in [0, 0.1) is 0 Å². The first-order valence-electron chi connectivity index (χ1n) is 6.87. The number of anilines is 1. The molecule has 0 spiro atoms. The van der Waals surface area contributed by atoms with Gasteiger partial charge in [-0.2, -0.15) is 0 Å². The van der Waals surface area contributed by atoms with Gasteiger partial charge in [-0.3, -0.25) is 4.79 Å². The third-order valence-corrected chi connectivity index (χ3v) is 3.59. The van der Waals surface area contributed by atoms with E-state index in [0.29, 0.717) is 24.4 Å². The lowest BCUT2D eigenvalue weighted by atomic mass is 10.1. The minimum absolute atomic E-state index is 0.118. The Bertz CT molecular complexity index is 610. The van der Waals surface area contributed by atoms with Gasteiger partial charge in [0.1, 0.15) is 0 Å². The molecule has 0 radical (unpaired) electrons. The average molecular weight is 303 g/mol. The van der Waals surface area contributed by atoms with Crippen LogP contribution in [0.4, 0.5) is 5.69 Å². The third-order valence-electron chi connectivity index (χ3n) is 3.34. The summed E-state index contributed by atoms with van der Waals surface area (Å²) in [6, 6.07) is 15.2. The molecule has 21 heavy (non-hydrogen) atoms. The fourth-order valence-electron chi connectivity index (χ4n) is 2.14. The fourth-order valence-corrected chi connectivity index (χ4v) is 2.27. The zero-order chi connectivity index (χ0) is 15.2. The summed E-state index contributed by atoms with van der Waals surface area (Å²) in [6.45, 7) is 0.590. The number of hydrogen-bond acceptors (Lipinski definition) is 2. The summed E-state index contributed by atoms with van der Waals surface area (Å²) < 4.78 is 0. The van der Waals surface area contributed by atoms with E-state index in [1.807, 2.05) is 55.6 Å². The third kappa shape index (κ3) is 4.80. The van der Waals surface area contributed by atoms with Gasteiger partial charge in [0, 0.05) is 30.7 Å². The maximum absolute atomic E-state index is 12.1. The van der Waals surface area contributed by atoms with E-state index in [-0.39, 0.29) is 5.91 Å². The number of nitrogen functional groups attached to an aromatic ring is 1. The molecule has 0 bridgehead atoms. The Morgan fingerprint density at radius 1 is 1.14 bits per heavy atom. The van der Waals surface area contributed by atoms with Gasteiger partial charge in [-0.05, 0) is 41.8 Å². The van der Waals surface area contributed by atoms with Gasteiger partial charge >= 0.3 is 0 Å². The molecule has 0 saturated carbocycles. The summed E-state index contributed by atoms with van der Waals surface area (Å²) in [5, 5.41) is 0.703. The Hall–Kier alpha value is -2.00. The van der Waals surface area contributed by atoms with Crippen molar-refractivity contribution >= 4 is 23.2 Å². The number of halogens is 1. The van der Waals surface area contributed by atoms with Crippen molar-refractivity contribution in [2.75, 3.05) is 12.8 Å². The highest BCUT2D eigenvalue weighted by Crippen LogP contribution is 2.13. The largest absolute Gasteiger partial charge is 0.399 e. The molecule has 0 unspecified atom stereocenters. The summed E-state index contributed by atoms with van der Waals surface area (Å²) in [7, 11) is 1.82. The van der Waals surface area contributed by atoms with Gasteiger partial charge in [-0.25, -0.2) is 0 Å². The van der Waals surface area contributed by atoms with E-state index in [0.717, 1.165) is 16.8 Å². The van der Waals surface area contributed by atoms with Crippen molar-refractivity contribution in [3.05, 3.63) is 64.7 Å². The lowest BCUT2D eigenvalue weighted by Crippen LogP contribution is -2.26. The summed E-state index contributed by atoms with van der Waals surface area (Å²) in [4.78, 5) is 13.9. The zero-order valence-electron chi connectivity index (χ0n) is 12.1. The molecule has 0 aliphatic rings. The first-order chi connectivity index (χ1) is 10.0. The highest BCUT2D eigenvalue weighted by Gasteiger charge is 2.09. The topological polar surface area (TPSA) is 46.3 Å². The van der Waals surface area contributed by atoms with E-state index in [9.17, 15) is 4.79 Å². The minimum Gasteiger partial charge on any atom is -0.399 e. The Balaban J connectivity index is 1.86. The Labute approximate surface area is 130 Å². The molecule has 0 aliphatic heterocycles. The van der Waals surface area contributed by atoms with Crippen molar-refractivity contribution in [2.45, 2.75) is 19.4 Å². The Morgan fingerprint density at radius 3 is 2.52 bits per heavy atom. The number of carbonyl (C=O) groups excluding carboxylic acids is 1. The molecule has 2 aromatic rings. The lowest BCUT2D eigenvalue weighted by molar-refractivity contribution is -0.130. The van der Waals surface area contributed by atoms with Gasteiger partial charge in [0.05, 0.1) is 0 Å². The monoisotopic (exact) mass is 302 g/mol. The van der Waals surface area contributed by atoms with E-state index < -0.39 is 0 Å². The second-order valence-corrected chi connectivity index (χ2v) is 5.56. The Morgan fingerprint density at radius 2 is 1.86 bits per heavy atom. The van der Waals surface area contributed by atoms with Crippen LogP contribution < -0.4 is 5.73 Å². The van der Waals surface area contributed by atoms with Crippen LogP contribution in [0.3, 0.4) is 0 Å². The first kappa shape index (κ1) is 15.4. The van der Waals surface area contributed by atoms with Crippen LogP contribution in [-0.2, 0) is 17.8 Å².